The fraction of sp³-hybridized carbons (Fsp3) is 0.529. The molecule has 1 saturated carbocycles. The van der Waals surface area contributed by atoms with Gasteiger partial charge in [-0.2, -0.15) is 0 Å². The fourth-order valence-corrected chi connectivity index (χ4v) is 2.81. The number of hydrogen-bond acceptors (Lipinski definition) is 3. The zero-order valence-corrected chi connectivity index (χ0v) is 12.8. The summed E-state index contributed by atoms with van der Waals surface area (Å²) >= 11 is 0. The minimum Gasteiger partial charge on any atom is -0.481 e. The van der Waals surface area contributed by atoms with Crippen molar-refractivity contribution in [3.05, 3.63) is 28.8 Å². The minimum absolute atomic E-state index is 0.179. The summed E-state index contributed by atoms with van der Waals surface area (Å²) in [6.45, 7) is 5.99. The molecule has 0 radical (unpaired) electrons. The van der Waals surface area contributed by atoms with Crippen molar-refractivity contribution >= 4 is 11.9 Å². The second-order valence-corrected chi connectivity index (χ2v) is 5.94. The van der Waals surface area contributed by atoms with Gasteiger partial charge in [-0.3, -0.25) is 9.59 Å². The Morgan fingerprint density at radius 2 is 1.57 bits per heavy atom. The third-order valence-electron chi connectivity index (χ3n) is 4.63. The molecule has 0 aromatic heterocycles. The van der Waals surface area contributed by atoms with Gasteiger partial charge in [0.1, 0.15) is 5.75 Å². The van der Waals surface area contributed by atoms with Crippen LogP contribution >= 0.6 is 0 Å². The number of carboxylic acids is 1. The van der Waals surface area contributed by atoms with Crippen LogP contribution in [0.2, 0.25) is 0 Å². The summed E-state index contributed by atoms with van der Waals surface area (Å²) in [6.07, 6.45) is 2.31. The Hall–Kier alpha value is -1.84. The smallest absolute Gasteiger partial charge is 0.314 e. The van der Waals surface area contributed by atoms with Gasteiger partial charge in [-0.05, 0) is 69.2 Å². The minimum atomic E-state index is -0.758. The lowest BCUT2D eigenvalue weighted by molar-refractivity contribution is -0.146. The van der Waals surface area contributed by atoms with Gasteiger partial charge in [0.05, 0.1) is 11.8 Å². The Kier molecular flexibility index (Phi) is 4.66. The molecule has 21 heavy (non-hydrogen) atoms. The molecule has 1 fully saturated rings. The maximum absolute atomic E-state index is 12.2. The van der Waals surface area contributed by atoms with Crippen molar-refractivity contribution in [3.8, 4) is 5.75 Å². The highest BCUT2D eigenvalue weighted by molar-refractivity contribution is 5.76. The topological polar surface area (TPSA) is 63.6 Å². The molecule has 1 aromatic rings. The first-order chi connectivity index (χ1) is 9.90. The van der Waals surface area contributed by atoms with Crippen LogP contribution in [-0.2, 0) is 9.59 Å². The highest BCUT2D eigenvalue weighted by atomic mass is 16.5. The van der Waals surface area contributed by atoms with Gasteiger partial charge in [-0.1, -0.05) is 6.07 Å². The molecule has 0 saturated heterocycles. The number of hydrogen-bond donors (Lipinski definition) is 1. The molecule has 4 nitrogen and oxygen atoms in total. The molecule has 1 aliphatic carbocycles. The normalized spacial score (nSPS) is 21.9. The van der Waals surface area contributed by atoms with E-state index in [4.69, 9.17) is 9.84 Å². The Morgan fingerprint density at radius 1 is 1.00 bits per heavy atom. The first-order valence-corrected chi connectivity index (χ1v) is 7.41. The molecule has 0 amide bonds. The summed E-state index contributed by atoms with van der Waals surface area (Å²) in [7, 11) is 0. The largest absolute Gasteiger partial charge is 0.481 e. The zero-order valence-electron chi connectivity index (χ0n) is 12.8. The SMILES string of the molecule is Cc1ccc(OC(=O)C2CCC(C(=O)O)CC2)c(C)c1C. The number of carbonyl (C=O) groups is 2. The number of ether oxygens (including phenoxy) is 1. The lowest BCUT2D eigenvalue weighted by Gasteiger charge is -2.24. The monoisotopic (exact) mass is 290 g/mol. The molecule has 1 aromatic carbocycles. The van der Waals surface area contributed by atoms with E-state index in [0.717, 1.165) is 11.1 Å². The fourth-order valence-electron chi connectivity index (χ4n) is 2.81. The zero-order chi connectivity index (χ0) is 15.6. The van der Waals surface area contributed by atoms with Crippen LogP contribution in [0.3, 0.4) is 0 Å². The van der Waals surface area contributed by atoms with Crippen LogP contribution in [0, 0.1) is 32.6 Å². The highest BCUT2D eigenvalue weighted by Crippen LogP contribution is 2.31. The lowest BCUT2D eigenvalue weighted by atomic mass is 9.82. The first kappa shape index (κ1) is 15.5. The maximum atomic E-state index is 12.2. The molecule has 0 atom stereocenters. The summed E-state index contributed by atoms with van der Waals surface area (Å²) in [5.74, 6) is -0.862. The summed E-state index contributed by atoms with van der Waals surface area (Å²) < 4.78 is 5.53. The van der Waals surface area contributed by atoms with Crippen molar-refractivity contribution in [2.24, 2.45) is 11.8 Å². The standard InChI is InChI=1S/C17H22O4/c1-10-4-9-15(12(3)11(10)2)21-17(20)14-7-5-13(6-8-14)16(18)19/h4,9,13-14H,5-8H2,1-3H3,(H,18,19). The molecule has 0 unspecified atom stereocenters. The van der Waals surface area contributed by atoms with Crippen molar-refractivity contribution in [1.29, 1.82) is 0 Å². The molecule has 114 valence electrons. The Bertz CT molecular complexity index is 554. The summed E-state index contributed by atoms with van der Waals surface area (Å²) in [4.78, 5) is 23.1. The van der Waals surface area contributed by atoms with E-state index < -0.39 is 5.97 Å². The average molecular weight is 290 g/mol. The summed E-state index contributed by atoms with van der Waals surface area (Å²) in [5, 5.41) is 8.98. The van der Waals surface area contributed by atoms with Crippen molar-refractivity contribution in [2.75, 3.05) is 0 Å². The number of esters is 1. The predicted octanol–water partition coefficient (Wildman–Crippen LogP) is 3.41. The average Bonchev–Trinajstić information content (AvgIpc) is 2.48. The first-order valence-electron chi connectivity index (χ1n) is 7.41. The van der Waals surface area contributed by atoms with Crippen molar-refractivity contribution in [2.45, 2.75) is 46.5 Å². The quantitative estimate of drug-likeness (QED) is 0.684. The van der Waals surface area contributed by atoms with E-state index in [1.165, 1.54) is 5.56 Å². The van der Waals surface area contributed by atoms with Gasteiger partial charge >= 0.3 is 11.9 Å². The van der Waals surface area contributed by atoms with Gasteiger partial charge in [0.25, 0.3) is 0 Å². The highest BCUT2D eigenvalue weighted by Gasteiger charge is 2.31. The lowest BCUT2D eigenvalue weighted by Crippen LogP contribution is -2.28. The Morgan fingerprint density at radius 3 is 2.14 bits per heavy atom. The Balaban J connectivity index is 2.00. The van der Waals surface area contributed by atoms with Crippen LogP contribution in [-0.4, -0.2) is 17.0 Å². The van der Waals surface area contributed by atoms with Gasteiger partial charge in [0, 0.05) is 0 Å². The van der Waals surface area contributed by atoms with Crippen LogP contribution in [0.5, 0.6) is 5.75 Å². The van der Waals surface area contributed by atoms with E-state index in [9.17, 15) is 9.59 Å². The van der Waals surface area contributed by atoms with Crippen LogP contribution in [0.25, 0.3) is 0 Å². The third-order valence-corrected chi connectivity index (χ3v) is 4.63. The molecule has 0 aliphatic heterocycles. The number of rotatable bonds is 3. The second kappa shape index (κ2) is 6.29. The van der Waals surface area contributed by atoms with Gasteiger partial charge in [0.2, 0.25) is 0 Å². The van der Waals surface area contributed by atoms with Crippen molar-refractivity contribution in [1.82, 2.24) is 0 Å². The number of aryl methyl sites for hydroxylation is 1. The van der Waals surface area contributed by atoms with E-state index in [1.807, 2.05) is 32.9 Å². The van der Waals surface area contributed by atoms with Crippen LogP contribution in [0.4, 0.5) is 0 Å². The van der Waals surface area contributed by atoms with Gasteiger partial charge in [-0.15, -0.1) is 0 Å². The molecule has 4 heteroatoms. The van der Waals surface area contributed by atoms with Crippen LogP contribution in [0.1, 0.15) is 42.4 Å². The van der Waals surface area contributed by atoms with Crippen molar-refractivity contribution < 1.29 is 19.4 Å². The van der Waals surface area contributed by atoms with Gasteiger partial charge < -0.3 is 9.84 Å². The number of aliphatic carboxylic acids is 1. The number of carboxylic acid groups (broad SMARTS) is 1. The molecule has 0 bridgehead atoms. The molecule has 2 rings (SSSR count). The van der Waals surface area contributed by atoms with E-state index >= 15 is 0 Å². The molecular formula is C17H22O4. The molecule has 1 N–H and O–H groups in total. The van der Waals surface area contributed by atoms with Crippen LogP contribution < -0.4 is 4.74 Å². The van der Waals surface area contributed by atoms with Gasteiger partial charge in [-0.25, -0.2) is 0 Å². The molecule has 0 spiro atoms. The van der Waals surface area contributed by atoms with E-state index in [1.54, 1.807) is 0 Å². The van der Waals surface area contributed by atoms with E-state index in [0.29, 0.717) is 31.4 Å². The van der Waals surface area contributed by atoms with E-state index in [2.05, 4.69) is 0 Å². The van der Waals surface area contributed by atoms with Gasteiger partial charge in [0.15, 0.2) is 0 Å². The molecule has 0 heterocycles. The summed E-state index contributed by atoms with van der Waals surface area (Å²) in [6, 6.07) is 3.78. The maximum Gasteiger partial charge on any atom is 0.314 e. The van der Waals surface area contributed by atoms with Crippen molar-refractivity contribution in [3.63, 3.8) is 0 Å². The second-order valence-electron chi connectivity index (χ2n) is 5.94. The molecule has 1 aliphatic rings. The van der Waals surface area contributed by atoms with Crippen LogP contribution in [0.15, 0.2) is 12.1 Å². The predicted molar refractivity (Wildman–Crippen MR) is 79.4 cm³/mol. The Labute approximate surface area is 125 Å². The number of carbonyl (C=O) groups excluding carboxylic acids is 1. The van der Waals surface area contributed by atoms with E-state index in [-0.39, 0.29) is 17.8 Å². The summed E-state index contributed by atoms with van der Waals surface area (Å²) in [5.41, 5.74) is 3.30. The number of benzene rings is 1. The molecular weight excluding hydrogens is 268 g/mol. The third kappa shape index (κ3) is 3.43.